The molecule has 0 amide bonds. The second-order valence-electron chi connectivity index (χ2n) is 4.50. The summed E-state index contributed by atoms with van der Waals surface area (Å²) in [5.74, 6) is -2.37. The van der Waals surface area contributed by atoms with Crippen molar-refractivity contribution >= 4 is 23.8 Å². The Labute approximate surface area is 141 Å². The fourth-order valence-corrected chi connectivity index (χ4v) is 2.37. The van der Waals surface area contributed by atoms with Crippen LogP contribution in [0.15, 0.2) is 51.3 Å². The number of nitrogens with zero attached hydrogens (tertiary/aromatic N) is 1. The van der Waals surface area contributed by atoms with Gasteiger partial charge in [0, 0.05) is 16.5 Å². The van der Waals surface area contributed by atoms with E-state index in [0.29, 0.717) is 33.7 Å². The molecule has 2 rings (SSSR count). The van der Waals surface area contributed by atoms with Crippen LogP contribution in [0.1, 0.15) is 12.7 Å². The van der Waals surface area contributed by atoms with Crippen LogP contribution < -0.4 is 0 Å². The molecule has 0 aliphatic heterocycles. The van der Waals surface area contributed by atoms with Crippen LogP contribution in [0.2, 0.25) is 0 Å². The Morgan fingerprint density at radius 1 is 1.33 bits per heavy atom. The molecule has 1 aromatic heterocycles. The number of hydrogen-bond donors (Lipinski definition) is 0. The second-order valence-corrected chi connectivity index (χ2v) is 5.56. The minimum Gasteiger partial charge on any atom is -0.462 e. The van der Waals surface area contributed by atoms with Gasteiger partial charge in [0.2, 0.25) is 0 Å². The zero-order valence-corrected chi connectivity index (χ0v) is 13.5. The number of ether oxygens (including phenoxy) is 1. The lowest BCUT2D eigenvalue weighted by atomic mass is 10.2. The maximum Gasteiger partial charge on any atom is 0.349 e. The Hall–Kier alpha value is -2.59. The van der Waals surface area contributed by atoms with Crippen LogP contribution in [-0.4, -0.2) is 18.3 Å². The summed E-state index contributed by atoms with van der Waals surface area (Å²) < 4.78 is 34.9. The maximum absolute atomic E-state index is 12.3. The predicted molar refractivity (Wildman–Crippen MR) is 86.2 cm³/mol. The van der Waals surface area contributed by atoms with Crippen LogP contribution in [0.25, 0.3) is 17.4 Å². The second kappa shape index (κ2) is 8.31. The Morgan fingerprint density at radius 2 is 2.04 bits per heavy atom. The lowest BCUT2D eigenvalue weighted by molar-refractivity contribution is -0.137. The van der Waals surface area contributed by atoms with E-state index in [2.05, 4.69) is 0 Å². The molecule has 2 aromatic rings. The van der Waals surface area contributed by atoms with E-state index in [1.165, 1.54) is 6.08 Å². The third kappa shape index (κ3) is 4.70. The summed E-state index contributed by atoms with van der Waals surface area (Å²) in [7, 11) is 0. The van der Waals surface area contributed by atoms with E-state index in [4.69, 9.17) is 14.4 Å². The van der Waals surface area contributed by atoms with Crippen LogP contribution in [0.5, 0.6) is 0 Å². The van der Waals surface area contributed by atoms with Crippen LogP contribution in [0, 0.1) is 11.3 Å². The average molecular weight is 349 g/mol. The number of carbonyl (C=O) groups excluding carboxylic acids is 1. The molecule has 24 heavy (non-hydrogen) atoms. The highest BCUT2D eigenvalue weighted by molar-refractivity contribution is 7.99. The quantitative estimate of drug-likeness (QED) is 0.326. The highest BCUT2D eigenvalue weighted by Crippen LogP contribution is 2.29. The topological polar surface area (TPSA) is 63.2 Å². The minimum atomic E-state index is -2.47. The number of carbonyl (C=O) groups is 1. The molecule has 0 atom stereocenters. The van der Waals surface area contributed by atoms with Gasteiger partial charge in [0.1, 0.15) is 23.2 Å². The molecule has 0 aliphatic carbocycles. The molecule has 0 spiro atoms. The van der Waals surface area contributed by atoms with E-state index in [1.54, 1.807) is 49.4 Å². The number of hydrogen-bond acceptors (Lipinski definition) is 5. The van der Waals surface area contributed by atoms with Crippen molar-refractivity contribution in [2.45, 2.75) is 17.6 Å². The molecule has 0 saturated carbocycles. The first-order chi connectivity index (χ1) is 11.5. The van der Waals surface area contributed by atoms with Crippen LogP contribution in [0.4, 0.5) is 8.78 Å². The predicted octanol–water partition coefficient (Wildman–Crippen LogP) is 4.73. The van der Waals surface area contributed by atoms with Crippen LogP contribution in [0.3, 0.4) is 0 Å². The molecule has 0 bridgehead atoms. The molecule has 7 heteroatoms. The minimum absolute atomic E-state index is 0.165. The van der Waals surface area contributed by atoms with Crippen molar-refractivity contribution < 1.29 is 22.7 Å². The van der Waals surface area contributed by atoms with Crippen molar-refractivity contribution in [2.75, 3.05) is 6.61 Å². The van der Waals surface area contributed by atoms with E-state index in [9.17, 15) is 13.6 Å². The van der Waals surface area contributed by atoms with Gasteiger partial charge in [-0.2, -0.15) is 14.0 Å². The van der Waals surface area contributed by atoms with Gasteiger partial charge in [0.15, 0.2) is 0 Å². The number of furan rings is 1. The molecule has 0 fully saturated rings. The summed E-state index contributed by atoms with van der Waals surface area (Å²) in [5.41, 5.74) is 0.532. The number of rotatable bonds is 6. The monoisotopic (exact) mass is 349 g/mol. The van der Waals surface area contributed by atoms with Gasteiger partial charge in [-0.3, -0.25) is 0 Å². The molecular weight excluding hydrogens is 336 g/mol. The average Bonchev–Trinajstić information content (AvgIpc) is 3.01. The summed E-state index contributed by atoms with van der Waals surface area (Å²) in [6.45, 7) is 1.82. The van der Waals surface area contributed by atoms with Gasteiger partial charge in [-0.1, -0.05) is 23.9 Å². The third-order valence-corrected chi connectivity index (χ3v) is 3.62. The lowest BCUT2D eigenvalue weighted by Gasteiger charge is -2.01. The zero-order chi connectivity index (χ0) is 17.5. The lowest BCUT2D eigenvalue weighted by Crippen LogP contribution is -2.05. The van der Waals surface area contributed by atoms with Crippen molar-refractivity contribution in [2.24, 2.45) is 0 Å². The van der Waals surface area contributed by atoms with Gasteiger partial charge in [0.05, 0.1) is 6.61 Å². The van der Waals surface area contributed by atoms with Gasteiger partial charge in [-0.05, 0) is 31.2 Å². The number of benzene rings is 1. The van der Waals surface area contributed by atoms with Gasteiger partial charge in [-0.15, -0.1) is 0 Å². The third-order valence-electron chi connectivity index (χ3n) is 2.89. The number of thioether (sulfide) groups is 1. The molecule has 0 N–H and O–H groups in total. The normalized spacial score (nSPS) is 11.4. The number of esters is 1. The molecule has 124 valence electrons. The largest absolute Gasteiger partial charge is 0.462 e. The summed E-state index contributed by atoms with van der Waals surface area (Å²) in [4.78, 5) is 12.0. The maximum atomic E-state index is 12.3. The highest BCUT2D eigenvalue weighted by atomic mass is 32.2. The number of nitriles is 1. The van der Waals surface area contributed by atoms with Crippen molar-refractivity contribution in [3.8, 4) is 17.4 Å². The molecule has 1 aromatic carbocycles. The SMILES string of the molecule is CCOC(=O)/C(C#N)=C/c1ccc(-c2ccc(SC(F)F)cc2)o1. The Morgan fingerprint density at radius 3 is 2.62 bits per heavy atom. The van der Waals surface area contributed by atoms with Crippen molar-refractivity contribution in [1.29, 1.82) is 5.26 Å². The fraction of sp³-hybridized carbons (Fsp3) is 0.176. The molecule has 4 nitrogen and oxygen atoms in total. The van der Waals surface area contributed by atoms with Gasteiger partial charge in [-0.25, -0.2) is 4.79 Å². The molecule has 0 aliphatic rings. The van der Waals surface area contributed by atoms with Crippen molar-refractivity contribution in [3.05, 3.63) is 47.7 Å². The van der Waals surface area contributed by atoms with Crippen molar-refractivity contribution in [3.63, 3.8) is 0 Å². The highest BCUT2D eigenvalue weighted by Gasteiger charge is 2.12. The molecule has 0 unspecified atom stereocenters. The first-order valence-corrected chi connectivity index (χ1v) is 7.85. The molecule has 0 radical (unpaired) electrons. The summed E-state index contributed by atoms with van der Waals surface area (Å²) in [6, 6.07) is 11.5. The van der Waals surface area contributed by atoms with Crippen molar-refractivity contribution in [1.82, 2.24) is 0 Å². The van der Waals surface area contributed by atoms with Gasteiger partial charge >= 0.3 is 5.97 Å². The van der Waals surface area contributed by atoms with Crippen LogP contribution >= 0.6 is 11.8 Å². The van der Waals surface area contributed by atoms with E-state index in [1.807, 2.05) is 0 Å². The zero-order valence-electron chi connectivity index (χ0n) is 12.7. The molecule has 0 saturated heterocycles. The van der Waals surface area contributed by atoms with E-state index in [0.717, 1.165) is 0 Å². The van der Waals surface area contributed by atoms with Gasteiger partial charge in [0.25, 0.3) is 5.76 Å². The van der Waals surface area contributed by atoms with E-state index >= 15 is 0 Å². The first-order valence-electron chi connectivity index (χ1n) is 6.97. The first kappa shape index (κ1) is 17.8. The summed E-state index contributed by atoms with van der Waals surface area (Å²) >= 11 is 0.466. The van der Waals surface area contributed by atoms with E-state index < -0.39 is 11.7 Å². The Balaban J connectivity index is 2.18. The molecule has 1 heterocycles. The fourth-order valence-electron chi connectivity index (χ4n) is 1.87. The number of halogens is 2. The smallest absolute Gasteiger partial charge is 0.349 e. The van der Waals surface area contributed by atoms with E-state index in [-0.39, 0.29) is 12.2 Å². The van der Waals surface area contributed by atoms with Gasteiger partial charge < -0.3 is 9.15 Å². The Kier molecular flexibility index (Phi) is 6.15. The Bertz CT molecular complexity index is 776. The molecular formula is C17H13F2NO3S. The standard InChI is InChI=1S/C17H13F2NO3S/c1-2-22-16(21)12(10-20)9-13-5-8-15(23-13)11-3-6-14(7-4-11)24-17(18)19/h3-9,17H,2H2,1H3/b12-9+. The number of alkyl halides is 2. The summed E-state index contributed by atoms with van der Waals surface area (Å²) in [6.07, 6.45) is 1.29. The van der Waals surface area contributed by atoms with Crippen LogP contribution in [-0.2, 0) is 9.53 Å². The summed E-state index contributed by atoms with van der Waals surface area (Å²) in [5, 5.41) is 8.99.